The van der Waals surface area contributed by atoms with Crippen molar-refractivity contribution in [3.8, 4) is 0 Å². The standard InChI is InChI=1S/C24H22F3N/c1-17-15-20-9-5-6-10-22(20)23(28(17)16-18-7-3-2-4-8-18)19-11-13-21(14-12-19)24(25,26)27/h2-14,17,23H,15-16H2,1H3. The molecule has 0 spiro atoms. The minimum absolute atomic E-state index is 0.0672. The van der Waals surface area contributed by atoms with Gasteiger partial charge in [-0.25, -0.2) is 0 Å². The van der Waals surface area contributed by atoms with Gasteiger partial charge in [0.15, 0.2) is 0 Å². The molecular weight excluding hydrogens is 359 g/mol. The molecule has 0 radical (unpaired) electrons. The van der Waals surface area contributed by atoms with E-state index in [1.807, 2.05) is 30.3 Å². The molecule has 0 N–H and O–H groups in total. The van der Waals surface area contributed by atoms with Gasteiger partial charge in [0.2, 0.25) is 0 Å². The van der Waals surface area contributed by atoms with Crippen LogP contribution in [0.5, 0.6) is 0 Å². The highest BCUT2D eigenvalue weighted by atomic mass is 19.4. The van der Waals surface area contributed by atoms with Crippen molar-refractivity contribution in [3.05, 3.63) is 107 Å². The van der Waals surface area contributed by atoms with Gasteiger partial charge >= 0.3 is 6.18 Å². The minimum atomic E-state index is -4.32. The van der Waals surface area contributed by atoms with Gasteiger partial charge in [0, 0.05) is 12.6 Å². The van der Waals surface area contributed by atoms with Crippen LogP contribution in [0.15, 0.2) is 78.9 Å². The molecular formula is C24H22F3N. The van der Waals surface area contributed by atoms with E-state index in [0.29, 0.717) is 0 Å². The van der Waals surface area contributed by atoms with Crippen molar-refractivity contribution < 1.29 is 13.2 Å². The Morgan fingerprint density at radius 2 is 1.50 bits per heavy atom. The van der Waals surface area contributed by atoms with Crippen molar-refractivity contribution in [3.63, 3.8) is 0 Å². The molecule has 0 bridgehead atoms. The normalized spacial score (nSPS) is 20.0. The molecule has 3 aromatic rings. The number of hydrogen-bond donors (Lipinski definition) is 0. The van der Waals surface area contributed by atoms with E-state index < -0.39 is 11.7 Å². The monoisotopic (exact) mass is 381 g/mol. The molecule has 0 saturated carbocycles. The fourth-order valence-corrected chi connectivity index (χ4v) is 4.12. The van der Waals surface area contributed by atoms with E-state index in [1.54, 1.807) is 12.1 Å². The highest BCUT2D eigenvalue weighted by molar-refractivity contribution is 5.41. The number of nitrogens with zero attached hydrogens (tertiary/aromatic N) is 1. The first-order chi connectivity index (χ1) is 13.4. The maximum Gasteiger partial charge on any atom is 0.416 e. The fourth-order valence-electron chi connectivity index (χ4n) is 4.12. The zero-order valence-corrected chi connectivity index (χ0v) is 15.7. The third-order valence-electron chi connectivity index (χ3n) is 5.52. The average molecular weight is 381 g/mol. The summed E-state index contributed by atoms with van der Waals surface area (Å²) in [5, 5.41) is 0. The van der Waals surface area contributed by atoms with Gasteiger partial charge in [-0.2, -0.15) is 13.2 Å². The number of fused-ring (bicyclic) bond motifs is 1. The Kier molecular flexibility index (Phi) is 4.98. The van der Waals surface area contributed by atoms with Gasteiger partial charge in [0.05, 0.1) is 11.6 Å². The van der Waals surface area contributed by atoms with Crippen molar-refractivity contribution in [2.75, 3.05) is 0 Å². The first kappa shape index (κ1) is 18.8. The van der Waals surface area contributed by atoms with Gasteiger partial charge in [0.25, 0.3) is 0 Å². The summed E-state index contributed by atoms with van der Waals surface area (Å²) in [5.41, 5.74) is 3.93. The van der Waals surface area contributed by atoms with E-state index in [-0.39, 0.29) is 12.1 Å². The molecule has 0 amide bonds. The molecule has 1 heterocycles. The van der Waals surface area contributed by atoms with Gasteiger partial charge < -0.3 is 0 Å². The van der Waals surface area contributed by atoms with Crippen LogP contribution in [0.4, 0.5) is 13.2 Å². The van der Waals surface area contributed by atoms with E-state index in [2.05, 4.69) is 36.1 Å². The molecule has 1 aliphatic heterocycles. The molecule has 144 valence electrons. The van der Waals surface area contributed by atoms with E-state index >= 15 is 0 Å². The summed E-state index contributed by atoms with van der Waals surface area (Å²) in [7, 11) is 0. The van der Waals surface area contributed by atoms with Gasteiger partial charge in [-0.15, -0.1) is 0 Å². The second-order valence-electron chi connectivity index (χ2n) is 7.43. The number of alkyl halides is 3. The van der Waals surface area contributed by atoms with Crippen molar-refractivity contribution in [2.24, 2.45) is 0 Å². The molecule has 3 aromatic carbocycles. The molecule has 2 atom stereocenters. The van der Waals surface area contributed by atoms with E-state index in [1.165, 1.54) is 28.8 Å². The Hall–Kier alpha value is -2.59. The molecule has 2 unspecified atom stereocenters. The molecule has 4 heteroatoms. The van der Waals surface area contributed by atoms with Crippen LogP contribution in [0.1, 0.15) is 40.8 Å². The number of halogens is 3. The first-order valence-corrected chi connectivity index (χ1v) is 9.48. The quantitative estimate of drug-likeness (QED) is 0.519. The van der Waals surface area contributed by atoms with Crippen molar-refractivity contribution in [1.29, 1.82) is 0 Å². The Balaban J connectivity index is 1.76. The average Bonchev–Trinajstić information content (AvgIpc) is 2.69. The number of benzene rings is 3. The van der Waals surface area contributed by atoms with E-state index in [4.69, 9.17) is 0 Å². The molecule has 0 saturated heterocycles. The predicted molar refractivity (Wildman–Crippen MR) is 105 cm³/mol. The summed E-state index contributed by atoms with van der Waals surface area (Å²) in [6.45, 7) is 2.94. The molecule has 0 aliphatic carbocycles. The SMILES string of the molecule is CC1Cc2ccccc2C(c2ccc(C(F)(F)F)cc2)N1Cc1ccccc1. The Morgan fingerprint density at radius 3 is 2.18 bits per heavy atom. The summed E-state index contributed by atoms with van der Waals surface area (Å²) in [6, 6.07) is 24.3. The smallest absolute Gasteiger partial charge is 0.285 e. The molecule has 1 aliphatic rings. The van der Waals surface area contributed by atoms with Crippen LogP contribution in [0, 0.1) is 0 Å². The second kappa shape index (κ2) is 7.44. The third-order valence-corrected chi connectivity index (χ3v) is 5.52. The van der Waals surface area contributed by atoms with Crippen LogP contribution >= 0.6 is 0 Å². The predicted octanol–water partition coefficient (Wildman–Crippen LogP) is 6.24. The second-order valence-corrected chi connectivity index (χ2v) is 7.43. The van der Waals surface area contributed by atoms with Crippen LogP contribution < -0.4 is 0 Å². The van der Waals surface area contributed by atoms with Gasteiger partial charge in [0.1, 0.15) is 0 Å². The summed E-state index contributed by atoms with van der Waals surface area (Å²) in [6.07, 6.45) is -3.39. The van der Waals surface area contributed by atoms with Gasteiger partial charge in [-0.1, -0.05) is 66.7 Å². The highest BCUT2D eigenvalue weighted by Crippen LogP contribution is 2.39. The van der Waals surface area contributed by atoms with E-state index in [0.717, 1.165) is 18.5 Å². The molecule has 0 aromatic heterocycles. The van der Waals surface area contributed by atoms with Crippen LogP contribution in [0.25, 0.3) is 0 Å². The maximum absolute atomic E-state index is 13.0. The van der Waals surface area contributed by atoms with Gasteiger partial charge in [-0.3, -0.25) is 4.90 Å². The fraction of sp³-hybridized carbons (Fsp3) is 0.250. The maximum atomic E-state index is 13.0. The van der Waals surface area contributed by atoms with Crippen molar-refractivity contribution in [2.45, 2.75) is 38.1 Å². The lowest BCUT2D eigenvalue weighted by Crippen LogP contribution is -2.42. The lowest BCUT2D eigenvalue weighted by molar-refractivity contribution is -0.137. The van der Waals surface area contributed by atoms with Crippen LogP contribution in [-0.2, 0) is 19.1 Å². The topological polar surface area (TPSA) is 3.24 Å². The largest absolute Gasteiger partial charge is 0.416 e. The van der Waals surface area contributed by atoms with Crippen LogP contribution in [0.2, 0.25) is 0 Å². The van der Waals surface area contributed by atoms with Crippen molar-refractivity contribution in [1.82, 2.24) is 4.90 Å². The molecule has 28 heavy (non-hydrogen) atoms. The molecule has 0 fully saturated rings. The van der Waals surface area contributed by atoms with E-state index in [9.17, 15) is 13.2 Å². The summed E-state index contributed by atoms with van der Waals surface area (Å²) < 4.78 is 39.0. The van der Waals surface area contributed by atoms with Crippen molar-refractivity contribution >= 4 is 0 Å². The minimum Gasteiger partial charge on any atom is -0.285 e. The molecule has 1 nitrogen and oxygen atoms in total. The zero-order chi connectivity index (χ0) is 19.7. The number of hydrogen-bond acceptors (Lipinski definition) is 1. The zero-order valence-electron chi connectivity index (χ0n) is 15.7. The summed E-state index contributed by atoms with van der Waals surface area (Å²) in [5.74, 6) is 0. The highest BCUT2D eigenvalue weighted by Gasteiger charge is 2.34. The Morgan fingerprint density at radius 1 is 0.857 bits per heavy atom. The summed E-state index contributed by atoms with van der Waals surface area (Å²) >= 11 is 0. The summed E-state index contributed by atoms with van der Waals surface area (Å²) in [4.78, 5) is 2.39. The lowest BCUT2D eigenvalue weighted by Gasteiger charge is -2.42. The Bertz CT molecular complexity index is 932. The van der Waals surface area contributed by atoms with Gasteiger partial charge in [-0.05, 0) is 47.7 Å². The third kappa shape index (κ3) is 3.69. The molecule has 4 rings (SSSR count). The van der Waals surface area contributed by atoms with Crippen LogP contribution in [0.3, 0.4) is 0 Å². The van der Waals surface area contributed by atoms with Crippen LogP contribution in [-0.4, -0.2) is 10.9 Å². The first-order valence-electron chi connectivity index (χ1n) is 9.48. The Labute approximate surface area is 163 Å². The number of rotatable bonds is 3. The lowest BCUT2D eigenvalue weighted by atomic mass is 9.84.